The molecule has 0 saturated carbocycles. The first-order valence-corrected chi connectivity index (χ1v) is 8.15. The van der Waals surface area contributed by atoms with E-state index in [-0.39, 0.29) is 10.8 Å². The molecule has 0 aliphatic heterocycles. The van der Waals surface area contributed by atoms with Gasteiger partial charge in [0.15, 0.2) is 0 Å². The van der Waals surface area contributed by atoms with Gasteiger partial charge < -0.3 is 0 Å². The highest BCUT2D eigenvalue weighted by atomic mass is 14.1. The second-order valence-corrected chi connectivity index (χ2v) is 8.16. The van der Waals surface area contributed by atoms with Crippen LogP contribution in [0.1, 0.15) is 58.2 Å². The lowest BCUT2D eigenvalue weighted by Gasteiger charge is -2.10. The van der Waals surface area contributed by atoms with Crippen LogP contribution in [0.5, 0.6) is 0 Å². The maximum atomic E-state index is 3.40. The van der Waals surface area contributed by atoms with Crippen LogP contribution < -0.4 is 0 Å². The zero-order valence-electron chi connectivity index (χ0n) is 15.4. The Hall–Kier alpha value is -2.18. The number of hydrogen-bond acceptors (Lipinski definition) is 0. The molecule has 2 aromatic carbocycles. The molecule has 0 heterocycles. The third-order valence-electron chi connectivity index (χ3n) is 3.40. The molecule has 0 atom stereocenters. The zero-order chi connectivity index (χ0) is 17.3. The van der Waals surface area contributed by atoms with Gasteiger partial charge in [0, 0.05) is 22.0 Å². The third-order valence-corrected chi connectivity index (χ3v) is 3.40. The maximum absolute atomic E-state index is 3.40. The summed E-state index contributed by atoms with van der Waals surface area (Å²) in [6.07, 6.45) is 0. The maximum Gasteiger partial charge on any atom is 0.0353 e. The largest absolute Gasteiger partial charge is 0.0919 e. The molecule has 2 rings (SSSR count). The van der Waals surface area contributed by atoms with Crippen LogP contribution in [0.2, 0.25) is 0 Å². The van der Waals surface area contributed by atoms with Crippen molar-refractivity contribution in [1.29, 1.82) is 0 Å². The van der Waals surface area contributed by atoms with E-state index in [1.807, 2.05) is 0 Å². The summed E-state index contributed by atoms with van der Waals surface area (Å²) >= 11 is 0. The quantitative estimate of drug-likeness (QED) is 0.528. The normalized spacial score (nSPS) is 11.4. The van der Waals surface area contributed by atoms with Gasteiger partial charge in [-0.1, -0.05) is 47.9 Å². The Morgan fingerprint density at radius 1 is 0.696 bits per heavy atom. The summed E-state index contributed by atoms with van der Waals surface area (Å²) in [5.41, 5.74) is 3.42. The van der Waals surface area contributed by atoms with Crippen LogP contribution in [0.15, 0.2) is 30.3 Å². The highest BCUT2D eigenvalue weighted by Crippen LogP contribution is 2.25. The van der Waals surface area contributed by atoms with E-state index in [1.165, 1.54) is 16.3 Å². The van der Waals surface area contributed by atoms with Crippen molar-refractivity contribution < 1.29 is 0 Å². The molecule has 0 amide bonds. The van der Waals surface area contributed by atoms with E-state index in [4.69, 9.17) is 0 Å². The molecule has 0 fully saturated rings. The zero-order valence-corrected chi connectivity index (χ0v) is 15.4. The van der Waals surface area contributed by atoms with Crippen LogP contribution in [0.4, 0.5) is 0 Å². The summed E-state index contributed by atoms with van der Waals surface area (Å²) < 4.78 is 0. The van der Waals surface area contributed by atoms with E-state index >= 15 is 0 Å². The summed E-state index contributed by atoms with van der Waals surface area (Å²) in [6.45, 7) is 14.9. The van der Waals surface area contributed by atoms with Gasteiger partial charge in [-0.25, -0.2) is 0 Å². The Morgan fingerprint density at radius 2 is 1.30 bits per heavy atom. The van der Waals surface area contributed by atoms with Gasteiger partial charge in [0.1, 0.15) is 0 Å². The molecule has 0 heteroatoms. The molecule has 23 heavy (non-hydrogen) atoms. The lowest BCUT2D eigenvalue weighted by Crippen LogP contribution is -2.00. The van der Waals surface area contributed by atoms with Gasteiger partial charge in [-0.3, -0.25) is 0 Å². The molecule has 0 nitrogen and oxygen atoms in total. The number of hydrogen-bond donors (Lipinski definition) is 0. The standard InChI is InChI=1S/C23H26/c1-17-11-12-20-18(13-15-22(2,3)4)9-8-10-21(20)19(17)14-16-23(5,6)7/h8-12H,1-7H3. The summed E-state index contributed by atoms with van der Waals surface area (Å²) in [4.78, 5) is 0. The van der Waals surface area contributed by atoms with Crippen LogP contribution in [-0.2, 0) is 0 Å². The summed E-state index contributed by atoms with van der Waals surface area (Å²) in [5.74, 6) is 13.4. The molecule has 0 radical (unpaired) electrons. The number of aryl methyl sites for hydroxylation is 1. The Balaban J connectivity index is 2.69. The van der Waals surface area contributed by atoms with Crippen LogP contribution in [0, 0.1) is 41.4 Å². The average molecular weight is 302 g/mol. The first kappa shape index (κ1) is 17.2. The molecule has 0 unspecified atom stereocenters. The fourth-order valence-corrected chi connectivity index (χ4v) is 2.25. The Morgan fingerprint density at radius 3 is 1.91 bits per heavy atom. The summed E-state index contributed by atoms with van der Waals surface area (Å²) in [5, 5.41) is 2.38. The van der Waals surface area contributed by atoms with Crippen molar-refractivity contribution in [3.8, 4) is 23.7 Å². The van der Waals surface area contributed by atoms with Crippen LogP contribution >= 0.6 is 0 Å². The molecule has 0 aromatic heterocycles. The summed E-state index contributed by atoms with van der Waals surface area (Å²) in [7, 11) is 0. The predicted octanol–water partition coefficient (Wildman–Crippen LogP) is 5.94. The van der Waals surface area contributed by atoms with Crippen molar-refractivity contribution >= 4 is 10.8 Å². The number of benzene rings is 2. The number of rotatable bonds is 0. The lowest BCUT2D eigenvalue weighted by molar-refractivity contribution is 0.570. The summed E-state index contributed by atoms with van der Waals surface area (Å²) in [6, 6.07) is 10.6. The predicted molar refractivity (Wildman–Crippen MR) is 101 cm³/mol. The van der Waals surface area contributed by atoms with Crippen molar-refractivity contribution in [3.63, 3.8) is 0 Å². The molecular weight excluding hydrogens is 276 g/mol. The van der Waals surface area contributed by atoms with Gasteiger partial charge >= 0.3 is 0 Å². The van der Waals surface area contributed by atoms with Crippen molar-refractivity contribution in [3.05, 3.63) is 47.0 Å². The van der Waals surface area contributed by atoms with Gasteiger partial charge in [0.2, 0.25) is 0 Å². The SMILES string of the molecule is Cc1ccc2c(C#CC(C)(C)C)cccc2c1C#CC(C)(C)C. The van der Waals surface area contributed by atoms with E-state index in [2.05, 4.69) is 102 Å². The van der Waals surface area contributed by atoms with Crippen molar-refractivity contribution in [1.82, 2.24) is 0 Å². The molecule has 0 bridgehead atoms. The van der Waals surface area contributed by atoms with E-state index in [9.17, 15) is 0 Å². The first-order valence-electron chi connectivity index (χ1n) is 8.15. The topological polar surface area (TPSA) is 0 Å². The van der Waals surface area contributed by atoms with Crippen molar-refractivity contribution in [2.24, 2.45) is 10.8 Å². The Labute approximate surface area is 141 Å². The minimum absolute atomic E-state index is 0.00172. The van der Waals surface area contributed by atoms with Gasteiger partial charge in [-0.05, 0) is 70.9 Å². The van der Waals surface area contributed by atoms with Crippen LogP contribution in [-0.4, -0.2) is 0 Å². The number of fused-ring (bicyclic) bond motifs is 1. The molecule has 0 aliphatic rings. The fourth-order valence-electron chi connectivity index (χ4n) is 2.25. The molecule has 2 aromatic rings. The van der Waals surface area contributed by atoms with Gasteiger partial charge in [0.05, 0.1) is 0 Å². The van der Waals surface area contributed by atoms with Crippen molar-refractivity contribution in [2.75, 3.05) is 0 Å². The highest BCUT2D eigenvalue weighted by molar-refractivity contribution is 5.93. The molecular formula is C23H26. The first-order chi connectivity index (χ1) is 10.6. The Kier molecular flexibility index (Phi) is 4.58. The van der Waals surface area contributed by atoms with Crippen LogP contribution in [0.25, 0.3) is 10.8 Å². The van der Waals surface area contributed by atoms with E-state index < -0.39 is 0 Å². The minimum atomic E-state index is -0.00173. The highest BCUT2D eigenvalue weighted by Gasteiger charge is 2.09. The van der Waals surface area contributed by atoms with E-state index in [1.54, 1.807) is 0 Å². The lowest BCUT2D eigenvalue weighted by atomic mass is 9.93. The van der Waals surface area contributed by atoms with Crippen LogP contribution in [0.3, 0.4) is 0 Å². The molecule has 0 N–H and O–H groups in total. The second-order valence-electron chi connectivity index (χ2n) is 8.16. The van der Waals surface area contributed by atoms with E-state index in [0.717, 1.165) is 11.1 Å². The van der Waals surface area contributed by atoms with Gasteiger partial charge in [0.25, 0.3) is 0 Å². The van der Waals surface area contributed by atoms with E-state index in [0.29, 0.717) is 0 Å². The van der Waals surface area contributed by atoms with Gasteiger partial charge in [-0.2, -0.15) is 0 Å². The smallest absolute Gasteiger partial charge is 0.0353 e. The minimum Gasteiger partial charge on any atom is -0.0919 e. The monoisotopic (exact) mass is 302 g/mol. The molecule has 0 aliphatic carbocycles. The average Bonchev–Trinajstić information content (AvgIpc) is 2.41. The second kappa shape index (κ2) is 6.14. The molecule has 118 valence electrons. The fraction of sp³-hybridized carbons (Fsp3) is 0.391. The molecule has 0 saturated heterocycles. The molecule has 0 spiro atoms. The third kappa shape index (κ3) is 4.64. The van der Waals surface area contributed by atoms with Crippen molar-refractivity contribution in [2.45, 2.75) is 48.5 Å². The van der Waals surface area contributed by atoms with Gasteiger partial charge in [-0.15, -0.1) is 0 Å². The Bertz CT molecular complexity index is 845.